The zero-order valence-corrected chi connectivity index (χ0v) is 14.7. The van der Waals surface area contributed by atoms with Gasteiger partial charge in [0.1, 0.15) is 5.00 Å². The number of esters is 1. The molecule has 1 heterocycles. The van der Waals surface area contributed by atoms with Crippen molar-refractivity contribution in [2.75, 3.05) is 12.4 Å². The van der Waals surface area contributed by atoms with Crippen LogP contribution in [0, 0.1) is 10.1 Å². The van der Waals surface area contributed by atoms with Crippen molar-refractivity contribution in [1.82, 2.24) is 0 Å². The van der Waals surface area contributed by atoms with Gasteiger partial charge in [0.05, 0.1) is 28.2 Å². The summed E-state index contributed by atoms with van der Waals surface area (Å²) in [6, 6.07) is 3.62. The molecule has 130 valence electrons. The van der Waals surface area contributed by atoms with Gasteiger partial charge in [0, 0.05) is 17.0 Å². The molecule has 2 aromatic rings. The van der Waals surface area contributed by atoms with Crippen LogP contribution in [0.25, 0.3) is 0 Å². The number of halogens is 1. The van der Waals surface area contributed by atoms with Crippen molar-refractivity contribution in [2.24, 2.45) is 0 Å². The molecule has 1 aromatic carbocycles. The monoisotopic (exact) mass is 380 g/mol. The van der Waals surface area contributed by atoms with Crippen LogP contribution >= 0.6 is 22.9 Å². The van der Waals surface area contributed by atoms with Crippen molar-refractivity contribution in [3.05, 3.63) is 54.9 Å². The molecule has 0 spiro atoms. The fourth-order valence-corrected chi connectivity index (χ4v) is 4.26. The summed E-state index contributed by atoms with van der Waals surface area (Å²) < 4.78 is 4.82. The summed E-state index contributed by atoms with van der Waals surface area (Å²) in [7, 11) is 1.28. The van der Waals surface area contributed by atoms with Gasteiger partial charge in [0.25, 0.3) is 11.6 Å². The SMILES string of the molecule is COC(=O)c1c(NC(=O)c2cc([N+](=O)[O-])ccc2Cl)sc2c1CCC2. The highest BCUT2D eigenvalue weighted by molar-refractivity contribution is 7.17. The van der Waals surface area contributed by atoms with Gasteiger partial charge >= 0.3 is 5.97 Å². The Balaban J connectivity index is 1.96. The highest BCUT2D eigenvalue weighted by Gasteiger charge is 2.28. The van der Waals surface area contributed by atoms with Crippen molar-refractivity contribution >= 4 is 45.5 Å². The fraction of sp³-hybridized carbons (Fsp3) is 0.250. The summed E-state index contributed by atoms with van der Waals surface area (Å²) in [6.45, 7) is 0. The molecular formula is C16H13ClN2O5S. The van der Waals surface area contributed by atoms with E-state index in [9.17, 15) is 19.7 Å². The Hall–Kier alpha value is -2.45. The first-order chi connectivity index (χ1) is 11.9. The summed E-state index contributed by atoms with van der Waals surface area (Å²) in [5.74, 6) is -1.13. The number of methoxy groups -OCH3 is 1. The van der Waals surface area contributed by atoms with E-state index in [2.05, 4.69) is 5.32 Å². The fourth-order valence-electron chi connectivity index (χ4n) is 2.78. The standard InChI is InChI=1S/C16H13ClN2O5S/c1-24-16(21)13-9-3-2-4-12(9)25-15(13)18-14(20)10-7-8(19(22)23)5-6-11(10)17/h5-7H,2-4H2,1H3,(H,18,20). The molecule has 0 saturated carbocycles. The van der Waals surface area contributed by atoms with Crippen LogP contribution in [0.1, 0.15) is 37.6 Å². The van der Waals surface area contributed by atoms with Crippen LogP contribution in [-0.4, -0.2) is 23.9 Å². The first-order valence-electron chi connectivity index (χ1n) is 7.40. The summed E-state index contributed by atoms with van der Waals surface area (Å²) in [5, 5.41) is 14.0. The number of ether oxygens (including phenoxy) is 1. The molecule has 0 radical (unpaired) electrons. The lowest BCUT2D eigenvalue weighted by Crippen LogP contribution is -2.15. The largest absolute Gasteiger partial charge is 0.465 e. The smallest absolute Gasteiger partial charge is 0.341 e. The zero-order valence-electron chi connectivity index (χ0n) is 13.1. The van der Waals surface area contributed by atoms with E-state index in [1.807, 2.05) is 0 Å². The molecule has 0 saturated heterocycles. The second kappa shape index (κ2) is 6.81. The summed E-state index contributed by atoms with van der Waals surface area (Å²) >= 11 is 7.32. The lowest BCUT2D eigenvalue weighted by Gasteiger charge is -2.08. The average Bonchev–Trinajstić information content (AvgIpc) is 3.14. The number of hydrogen-bond acceptors (Lipinski definition) is 6. The number of hydrogen-bond donors (Lipinski definition) is 1. The Morgan fingerprint density at radius 2 is 2.12 bits per heavy atom. The van der Waals surface area contributed by atoms with Crippen LogP contribution < -0.4 is 5.32 Å². The topological polar surface area (TPSA) is 98.5 Å². The van der Waals surface area contributed by atoms with Crippen LogP contribution in [0.4, 0.5) is 10.7 Å². The number of non-ortho nitro benzene ring substituents is 1. The molecule has 0 bridgehead atoms. The number of carbonyl (C=O) groups is 2. The lowest BCUT2D eigenvalue weighted by atomic mass is 10.1. The highest BCUT2D eigenvalue weighted by Crippen LogP contribution is 2.39. The normalized spacial score (nSPS) is 12.6. The Morgan fingerprint density at radius 1 is 1.36 bits per heavy atom. The quantitative estimate of drug-likeness (QED) is 0.493. The lowest BCUT2D eigenvalue weighted by molar-refractivity contribution is -0.384. The van der Waals surface area contributed by atoms with Crippen LogP contribution in [0.5, 0.6) is 0 Å². The number of thiophene rings is 1. The van der Waals surface area contributed by atoms with E-state index < -0.39 is 16.8 Å². The van der Waals surface area contributed by atoms with Crippen molar-refractivity contribution in [1.29, 1.82) is 0 Å². The third-order valence-electron chi connectivity index (χ3n) is 3.94. The molecule has 0 aliphatic heterocycles. The van der Waals surface area contributed by atoms with Gasteiger partial charge in [-0.15, -0.1) is 11.3 Å². The Bertz CT molecular complexity index is 893. The minimum Gasteiger partial charge on any atom is -0.465 e. The van der Waals surface area contributed by atoms with Crippen molar-refractivity contribution < 1.29 is 19.2 Å². The molecule has 1 N–H and O–H groups in total. The van der Waals surface area contributed by atoms with Crippen molar-refractivity contribution in [3.63, 3.8) is 0 Å². The van der Waals surface area contributed by atoms with E-state index in [0.29, 0.717) is 10.6 Å². The number of nitro groups is 1. The third-order valence-corrected chi connectivity index (χ3v) is 5.48. The Morgan fingerprint density at radius 3 is 2.80 bits per heavy atom. The second-order valence-corrected chi connectivity index (χ2v) is 6.94. The van der Waals surface area contributed by atoms with Gasteiger partial charge in [-0.2, -0.15) is 0 Å². The molecule has 25 heavy (non-hydrogen) atoms. The molecule has 0 atom stereocenters. The number of carbonyl (C=O) groups excluding carboxylic acids is 2. The summed E-state index contributed by atoms with van der Waals surface area (Å²) in [6.07, 6.45) is 2.55. The summed E-state index contributed by atoms with van der Waals surface area (Å²) in [4.78, 5) is 36.0. The highest BCUT2D eigenvalue weighted by atomic mass is 35.5. The van der Waals surface area contributed by atoms with E-state index in [4.69, 9.17) is 16.3 Å². The predicted octanol–water partition coefficient (Wildman–Crippen LogP) is 3.84. The first-order valence-corrected chi connectivity index (χ1v) is 8.60. The number of anilines is 1. The number of rotatable bonds is 4. The number of nitrogens with zero attached hydrogens (tertiary/aromatic N) is 1. The molecule has 1 aliphatic carbocycles. The van der Waals surface area contributed by atoms with Crippen molar-refractivity contribution in [3.8, 4) is 0 Å². The first kappa shape index (κ1) is 17.4. The predicted molar refractivity (Wildman–Crippen MR) is 93.7 cm³/mol. The summed E-state index contributed by atoms with van der Waals surface area (Å²) in [5.41, 5.74) is 0.990. The Labute approximate surface area is 151 Å². The number of fused-ring (bicyclic) bond motifs is 1. The van der Waals surface area contributed by atoms with Gasteiger partial charge in [-0.05, 0) is 30.9 Å². The van der Waals surface area contributed by atoms with Crippen molar-refractivity contribution in [2.45, 2.75) is 19.3 Å². The average molecular weight is 381 g/mol. The number of nitro benzene ring substituents is 1. The molecule has 3 rings (SSSR count). The molecule has 1 aliphatic rings. The second-order valence-electron chi connectivity index (χ2n) is 5.43. The Kier molecular flexibility index (Phi) is 4.73. The van der Waals surface area contributed by atoms with Crippen LogP contribution in [0.3, 0.4) is 0 Å². The van der Waals surface area contributed by atoms with Gasteiger partial charge in [0.2, 0.25) is 0 Å². The van der Waals surface area contributed by atoms with E-state index in [1.54, 1.807) is 0 Å². The molecular weight excluding hydrogens is 368 g/mol. The van der Waals surface area contributed by atoms with Gasteiger partial charge in [-0.25, -0.2) is 4.79 Å². The van der Waals surface area contributed by atoms with Gasteiger partial charge in [-0.1, -0.05) is 11.6 Å². The number of benzene rings is 1. The van der Waals surface area contributed by atoms with Gasteiger partial charge < -0.3 is 10.1 Å². The molecule has 1 aromatic heterocycles. The maximum Gasteiger partial charge on any atom is 0.341 e. The third kappa shape index (κ3) is 3.22. The van der Waals surface area contributed by atoms with Crippen LogP contribution in [0.2, 0.25) is 5.02 Å². The minimum atomic E-state index is -0.612. The van der Waals surface area contributed by atoms with Gasteiger partial charge in [-0.3, -0.25) is 14.9 Å². The number of aryl methyl sites for hydroxylation is 1. The van der Waals surface area contributed by atoms with E-state index in [1.165, 1.54) is 30.6 Å². The number of amides is 1. The number of nitrogens with one attached hydrogen (secondary N) is 1. The van der Waals surface area contributed by atoms with E-state index in [-0.39, 0.29) is 16.3 Å². The maximum atomic E-state index is 12.5. The molecule has 0 fully saturated rings. The minimum absolute atomic E-state index is 0.0276. The van der Waals surface area contributed by atoms with E-state index in [0.717, 1.165) is 35.8 Å². The zero-order chi connectivity index (χ0) is 18.1. The molecule has 9 heteroatoms. The maximum absolute atomic E-state index is 12.5. The van der Waals surface area contributed by atoms with E-state index >= 15 is 0 Å². The molecule has 0 unspecified atom stereocenters. The van der Waals surface area contributed by atoms with Crippen LogP contribution in [0.15, 0.2) is 18.2 Å². The van der Waals surface area contributed by atoms with Gasteiger partial charge in [0.15, 0.2) is 0 Å². The van der Waals surface area contributed by atoms with Crippen LogP contribution in [-0.2, 0) is 17.6 Å². The molecule has 7 nitrogen and oxygen atoms in total. The molecule has 1 amide bonds.